The Morgan fingerprint density at radius 2 is 1.93 bits per heavy atom. The first-order valence-corrected chi connectivity index (χ1v) is 10.4. The minimum Gasteiger partial charge on any atom is -0.497 e. The lowest BCUT2D eigenvalue weighted by atomic mass is 10.1. The molecule has 150 valence electrons. The number of nitrogens with zero attached hydrogens (tertiary/aromatic N) is 1. The van der Waals surface area contributed by atoms with E-state index in [2.05, 4.69) is 4.72 Å². The number of carbonyl (C=O) groups is 1. The molecule has 1 heterocycles. The van der Waals surface area contributed by atoms with E-state index in [-0.39, 0.29) is 33.3 Å². The Kier molecular flexibility index (Phi) is 5.45. The normalized spacial score (nSPS) is 15.9. The molecule has 1 unspecified atom stereocenters. The Hall–Kier alpha value is -2.45. The molecule has 0 aliphatic carbocycles. The van der Waals surface area contributed by atoms with Crippen molar-refractivity contribution in [2.75, 3.05) is 23.8 Å². The number of halogens is 1. The lowest BCUT2D eigenvalue weighted by molar-refractivity contribution is -0.116. The van der Waals surface area contributed by atoms with Crippen LogP contribution in [0.1, 0.15) is 19.4 Å². The molecule has 0 aromatic heterocycles. The number of hydrogen-bond acceptors (Lipinski definition) is 5. The van der Waals surface area contributed by atoms with Crippen LogP contribution in [0, 0.1) is 0 Å². The third kappa shape index (κ3) is 3.62. The van der Waals surface area contributed by atoms with Gasteiger partial charge in [0.05, 0.1) is 24.1 Å². The summed E-state index contributed by atoms with van der Waals surface area (Å²) in [5.74, 6) is 0.612. The molecule has 1 N–H and O–H groups in total. The van der Waals surface area contributed by atoms with Crippen LogP contribution in [0.4, 0.5) is 11.4 Å². The fraction of sp³-hybridized carbons (Fsp3) is 0.316. The van der Waals surface area contributed by atoms with Gasteiger partial charge in [0, 0.05) is 30.8 Å². The molecule has 0 saturated heterocycles. The van der Waals surface area contributed by atoms with Gasteiger partial charge in [-0.2, -0.15) is 0 Å². The van der Waals surface area contributed by atoms with E-state index in [1.165, 1.54) is 33.3 Å². The van der Waals surface area contributed by atoms with Gasteiger partial charge in [-0.1, -0.05) is 11.6 Å². The first-order valence-electron chi connectivity index (χ1n) is 8.55. The number of methoxy groups -OCH3 is 2. The van der Waals surface area contributed by atoms with E-state index in [9.17, 15) is 13.2 Å². The van der Waals surface area contributed by atoms with Gasteiger partial charge in [0.15, 0.2) is 0 Å². The Balaban J connectivity index is 1.98. The third-order valence-corrected chi connectivity index (χ3v) is 6.28. The molecule has 28 heavy (non-hydrogen) atoms. The Labute approximate surface area is 169 Å². The van der Waals surface area contributed by atoms with Gasteiger partial charge < -0.3 is 14.4 Å². The number of amides is 1. The lowest BCUT2D eigenvalue weighted by Gasteiger charge is -2.20. The number of fused-ring (bicyclic) bond motifs is 1. The van der Waals surface area contributed by atoms with Crippen molar-refractivity contribution in [2.45, 2.75) is 31.2 Å². The number of sulfonamides is 1. The highest BCUT2D eigenvalue weighted by atomic mass is 35.5. The van der Waals surface area contributed by atoms with E-state index >= 15 is 0 Å². The van der Waals surface area contributed by atoms with Gasteiger partial charge >= 0.3 is 0 Å². The number of hydrogen-bond donors (Lipinski definition) is 1. The van der Waals surface area contributed by atoms with Crippen LogP contribution in [0.25, 0.3) is 0 Å². The summed E-state index contributed by atoms with van der Waals surface area (Å²) < 4.78 is 38.7. The summed E-state index contributed by atoms with van der Waals surface area (Å²) in [6, 6.07) is 7.73. The Morgan fingerprint density at radius 1 is 1.21 bits per heavy atom. The molecule has 0 saturated carbocycles. The molecule has 3 rings (SSSR count). The predicted molar refractivity (Wildman–Crippen MR) is 108 cm³/mol. The van der Waals surface area contributed by atoms with E-state index < -0.39 is 10.0 Å². The maximum absolute atomic E-state index is 12.9. The van der Waals surface area contributed by atoms with Crippen molar-refractivity contribution < 1.29 is 22.7 Å². The zero-order valence-electron chi connectivity index (χ0n) is 15.9. The Bertz CT molecular complexity index is 1040. The van der Waals surface area contributed by atoms with Gasteiger partial charge in [-0.05, 0) is 37.1 Å². The van der Waals surface area contributed by atoms with Gasteiger partial charge in [0.2, 0.25) is 5.91 Å². The number of nitrogens with one attached hydrogen (secondary N) is 1. The molecular weight excluding hydrogens is 404 g/mol. The van der Waals surface area contributed by atoms with Crippen LogP contribution in [0.2, 0.25) is 5.02 Å². The summed E-state index contributed by atoms with van der Waals surface area (Å²) in [6.45, 7) is 3.42. The van der Waals surface area contributed by atoms with Crippen LogP contribution in [0.5, 0.6) is 11.5 Å². The van der Waals surface area contributed by atoms with Gasteiger partial charge in [-0.3, -0.25) is 9.52 Å². The molecule has 1 aliphatic heterocycles. The molecule has 9 heteroatoms. The summed E-state index contributed by atoms with van der Waals surface area (Å²) in [4.78, 5) is 13.6. The quantitative estimate of drug-likeness (QED) is 0.794. The maximum Gasteiger partial charge on any atom is 0.262 e. The van der Waals surface area contributed by atoms with Crippen molar-refractivity contribution in [1.82, 2.24) is 0 Å². The van der Waals surface area contributed by atoms with Gasteiger partial charge in [-0.15, -0.1) is 0 Å². The second-order valence-electron chi connectivity index (χ2n) is 6.52. The number of anilines is 2. The zero-order chi connectivity index (χ0) is 20.6. The molecule has 2 aromatic rings. The monoisotopic (exact) mass is 424 g/mol. The van der Waals surface area contributed by atoms with Crippen LogP contribution in [0.3, 0.4) is 0 Å². The largest absolute Gasteiger partial charge is 0.497 e. The number of ether oxygens (including phenoxy) is 2. The van der Waals surface area contributed by atoms with Crippen molar-refractivity contribution in [3.63, 3.8) is 0 Å². The van der Waals surface area contributed by atoms with Crippen LogP contribution in [-0.2, 0) is 21.2 Å². The third-order valence-electron chi connectivity index (χ3n) is 4.64. The minimum absolute atomic E-state index is 0.0189. The highest BCUT2D eigenvalue weighted by Crippen LogP contribution is 2.39. The van der Waals surface area contributed by atoms with E-state index in [1.54, 1.807) is 23.1 Å². The highest BCUT2D eigenvalue weighted by Gasteiger charge is 2.30. The lowest BCUT2D eigenvalue weighted by Crippen LogP contribution is -2.33. The van der Waals surface area contributed by atoms with Crippen LogP contribution in [0.15, 0.2) is 35.2 Å². The molecular formula is C19H21ClN2O5S. The van der Waals surface area contributed by atoms with Gasteiger partial charge in [-0.25, -0.2) is 8.42 Å². The van der Waals surface area contributed by atoms with Gasteiger partial charge in [0.25, 0.3) is 10.0 Å². The van der Waals surface area contributed by atoms with E-state index in [1.807, 2.05) is 6.92 Å². The predicted octanol–water partition coefficient (Wildman–Crippen LogP) is 3.46. The van der Waals surface area contributed by atoms with E-state index in [4.69, 9.17) is 21.1 Å². The molecule has 2 aromatic carbocycles. The fourth-order valence-corrected chi connectivity index (χ4v) is 4.83. The van der Waals surface area contributed by atoms with Crippen molar-refractivity contribution in [2.24, 2.45) is 0 Å². The molecule has 0 fully saturated rings. The van der Waals surface area contributed by atoms with Crippen molar-refractivity contribution in [1.29, 1.82) is 0 Å². The molecule has 0 spiro atoms. The smallest absolute Gasteiger partial charge is 0.262 e. The average molecular weight is 425 g/mol. The Morgan fingerprint density at radius 3 is 2.54 bits per heavy atom. The molecule has 7 nitrogen and oxygen atoms in total. The summed E-state index contributed by atoms with van der Waals surface area (Å²) >= 11 is 6.22. The molecule has 1 amide bonds. The van der Waals surface area contributed by atoms with Crippen molar-refractivity contribution in [3.8, 4) is 11.5 Å². The van der Waals surface area contributed by atoms with Crippen LogP contribution < -0.4 is 19.1 Å². The summed E-state index contributed by atoms with van der Waals surface area (Å²) in [6.07, 6.45) is 0.588. The summed E-state index contributed by atoms with van der Waals surface area (Å²) in [7, 11) is -1.03. The van der Waals surface area contributed by atoms with Crippen LogP contribution >= 0.6 is 11.6 Å². The van der Waals surface area contributed by atoms with Crippen LogP contribution in [-0.4, -0.2) is 34.6 Å². The fourth-order valence-electron chi connectivity index (χ4n) is 3.38. The first kappa shape index (κ1) is 20.3. The molecule has 0 radical (unpaired) electrons. The second kappa shape index (κ2) is 7.52. The molecule has 0 bridgehead atoms. The number of rotatable bonds is 5. The van der Waals surface area contributed by atoms with Crippen molar-refractivity contribution >= 4 is 38.9 Å². The number of benzene rings is 2. The first-order chi connectivity index (χ1) is 13.2. The zero-order valence-corrected chi connectivity index (χ0v) is 17.5. The minimum atomic E-state index is -3.92. The van der Waals surface area contributed by atoms with E-state index in [0.29, 0.717) is 12.2 Å². The SMILES string of the molecule is COc1cc(Cl)c(NS(=O)(=O)c2ccc3c(c2)CC(C)N3C(C)=O)c(OC)c1. The highest BCUT2D eigenvalue weighted by molar-refractivity contribution is 7.92. The van der Waals surface area contributed by atoms with Crippen molar-refractivity contribution in [3.05, 3.63) is 40.9 Å². The maximum atomic E-state index is 12.9. The average Bonchev–Trinajstić information content (AvgIpc) is 2.97. The summed E-state index contributed by atoms with van der Waals surface area (Å²) in [5.41, 5.74) is 1.67. The topological polar surface area (TPSA) is 84.9 Å². The molecule has 1 atom stereocenters. The standard InChI is InChI=1S/C19H21ClN2O5S/c1-11-7-13-8-15(5-6-17(13)22(11)12(2)23)28(24,25)21-19-16(20)9-14(26-3)10-18(19)27-4/h5-6,8-11,21H,7H2,1-4H3. The van der Waals surface area contributed by atoms with E-state index in [0.717, 1.165) is 11.3 Å². The summed E-state index contributed by atoms with van der Waals surface area (Å²) in [5, 5.41) is 0.150. The molecule has 1 aliphatic rings. The second-order valence-corrected chi connectivity index (χ2v) is 8.61. The number of carbonyl (C=O) groups excluding carboxylic acids is 1. The van der Waals surface area contributed by atoms with Gasteiger partial charge in [0.1, 0.15) is 17.2 Å².